The van der Waals surface area contributed by atoms with Gasteiger partial charge in [0.2, 0.25) is 0 Å². The highest BCUT2D eigenvalue weighted by Gasteiger charge is 2.21. The Kier molecular flexibility index (Phi) is 5.21. The van der Waals surface area contributed by atoms with Crippen molar-refractivity contribution in [1.82, 2.24) is 4.90 Å². The summed E-state index contributed by atoms with van der Waals surface area (Å²) in [5, 5.41) is 0. The summed E-state index contributed by atoms with van der Waals surface area (Å²) in [5.41, 5.74) is 1.17. The minimum Gasteiger partial charge on any atom is -0.306 e. The second-order valence-corrected chi connectivity index (χ2v) is 7.85. The number of likely N-dealkylation sites (tertiary alicyclic amines) is 1. The Morgan fingerprint density at radius 3 is 2.45 bits per heavy atom. The van der Waals surface area contributed by atoms with Crippen molar-refractivity contribution >= 4 is 27.7 Å². The van der Waals surface area contributed by atoms with Gasteiger partial charge < -0.3 is 4.90 Å². The van der Waals surface area contributed by atoms with E-state index in [1.165, 1.54) is 15.4 Å². The first-order chi connectivity index (χ1) is 10.6. The Hall–Kier alpha value is -0.840. The Morgan fingerprint density at radius 1 is 1.09 bits per heavy atom. The second-order valence-electron chi connectivity index (χ2n) is 5.82. The van der Waals surface area contributed by atoms with Gasteiger partial charge in [0.15, 0.2) is 0 Å². The molecule has 0 bridgehead atoms. The molecule has 0 saturated carbocycles. The highest BCUT2D eigenvalue weighted by molar-refractivity contribution is 9.10. The topological polar surface area (TPSA) is 3.24 Å². The molecule has 0 unspecified atom stereocenters. The monoisotopic (exact) mass is 379 g/mol. The molecule has 0 atom stereocenters. The van der Waals surface area contributed by atoms with Crippen LogP contribution in [0.2, 0.25) is 0 Å². The third-order valence-electron chi connectivity index (χ3n) is 4.17. The zero-order chi connectivity index (χ0) is 15.5. The largest absolute Gasteiger partial charge is 0.306 e. The van der Waals surface area contributed by atoms with Crippen LogP contribution in [-0.4, -0.2) is 25.0 Å². The molecule has 0 spiro atoms. The summed E-state index contributed by atoms with van der Waals surface area (Å²) in [5.74, 6) is 0.332. The van der Waals surface area contributed by atoms with E-state index >= 15 is 0 Å². The third-order valence-corrected chi connectivity index (χ3v) is 5.80. The molecule has 0 aliphatic carbocycles. The fourth-order valence-electron chi connectivity index (χ4n) is 2.88. The van der Waals surface area contributed by atoms with E-state index in [0.717, 1.165) is 30.4 Å². The fraction of sp³-hybridized carbons (Fsp3) is 0.333. The second kappa shape index (κ2) is 7.16. The molecule has 116 valence electrons. The maximum absolute atomic E-state index is 13.7. The number of hydrogen-bond acceptors (Lipinski definition) is 2. The van der Waals surface area contributed by atoms with Crippen LogP contribution in [0, 0.1) is 5.82 Å². The highest BCUT2D eigenvalue weighted by Crippen LogP contribution is 2.38. The molecule has 1 nitrogen and oxygen atoms in total. The van der Waals surface area contributed by atoms with Crippen LogP contribution in [-0.2, 0) is 0 Å². The van der Waals surface area contributed by atoms with Crippen LogP contribution in [0.4, 0.5) is 4.39 Å². The normalized spacial score (nSPS) is 16.9. The van der Waals surface area contributed by atoms with Crippen molar-refractivity contribution in [3.05, 3.63) is 58.3 Å². The first kappa shape index (κ1) is 16.0. The van der Waals surface area contributed by atoms with Crippen molar-refractivity contribution in [2.24, 2.45) is 0 Å². The maximum Gasteiger partial charge on any atom is 0.123 e. The van der Waals surface area contributed by atoms with E-state index in [-0.39, 0.29) is 5.82 Å². The predicted molar refractivity (Wildman–Crippen MR) is 94.1 cm³/mol. The van der Waals surface area contributed by atoms with Gasteiger partial charge in [0, 0.05) is 14.3 Å². The number of piperidine rings is 1. The molecule has 1 saturated heterocycles. The molecule has 0 radical (unpaired) electrons. The van der Waals surface area contributed by atoms with Crippen molar-refractivity contribution < 1.29 is 4.39 Å². The number of hydrogen-bond donors (Lipinski definition) is 0. The SMILES string of the molecule is CN1CCC(c2cc(F)ccc2Sc2ccc(Br)cc2)CC1. The van der Waals surface area contributed by atoms with Crippen LogP contribution in [0.1, 0.15) is 24.3 Å². The highest BCUT2D eigenvalue weighted by atomic mass is 79.9. The van der Waals surface area contributed by atoms with Gasteiger partial charge in [-0.3, -0.25) is 0 Å². The van der Waals surface area contributed by atoms with Crippen molar-refractivity contribution in [3.63, 3.8) is 0 Å². The molecule has 0 aromatic heterocycles. The van der Waals surface area contributed by atoms with Gasteiger partial charge in [-0.15, -0.1) is 0 Å². The standard InChI is InChI=1S/C18H19BrFNS/c1-21-10-8-13(9-11-21)17-12-15(20)4-7-18(17)22-16-5-2-14(19)3-6-16/h2-7,12-13H,8-11H2,1H3. The molecule has 3 rings (SSSR count). The molecule has 1 fully saturated rings. The molecule has 0 amide bonds. The van der Waals surface area contributed by atoms with Crippen LogP contribution in [0.3, 0.4) is 0 Å². The predicted octanol–water partition coefficient (Wildman–Crippen LogP) is 5.55. The van der Waals surface area contributed by atoms with Gasteiger partial charge in [0.05, 0.1) is 0 Å². The van der Waals surface area contributed by atoms with E-state index in [4.69, 9.17) is 0 Å². The van der Waals surface area contributed by atoms with Crippen LogP contribution in [0.5, 0.6) is 0 Å². The minimum absolute atomic E-state index is 0.130. The molecular formula is C18H19BrFNS. The van der Waals surface area contributed by atoms with Crippen LogP contribution in [0.25, 0.3) is 0 Å². The first-order valence-electron chi connectivity index (χ1n) is 7.53. The Morgan fingerprint density at radius 2 is 1.77 bits per heavy atom. The van der Waals surface area contributed by atoms with Crippen molar-refractivity contribution in [2.75, 3.05) is 20.1 Å². The average Bonchev–Trinajstić information content (AvgIpc) is 2.52. The quantitative estimate of drug-likeness (QED) is 0.687. The molecule has 0 N–H and O–H groups in total. The van der Waals surface area contributed by atoms with Crippen molar-refractivity contribution in [1.29, 1.82) is 0 Å². The molecule has 1 aliphatic rings. The Balaban J connectivity index is 1.85. The van der Waals surface area contributed by atoms with Gasteiger partial charge >= 0.3 is 0 Å². The minimum atomic E-state index is -0.130. The molecule has 4 heteroatoms. The first-order valence-corrected chi connectivity index (χ1v) is 9.14. The summed E-state index contributed by atoms with van der Waals surface area (Å²) in [7, 11) is 2.15. The van der Waals surface area contributed by atoms with Gasteiger partial charge in [-0.25, -0.2) is 4.39 Å². The molecule has 2 aromatic rings. The molecule has 1 heterocycles. The fourth-order valence-corrected chi connectivity index (χ4v) is 4.15. The Bertz CT molecular complexity index is 636. The van der Waals surface area contributed by atoms with Crippen molar-refractivity contribution in [2.45, 2.75) is 28.6 Å². The van der Waals surface area contributed by atoms with Crippen LogP contribution >= 0.6 is 27.7 Å². The maximum atomic E-state index is 13.7. The molecule has 2 aromatic carbocycles. The van der Waals surface area contributed by atoms with E-state index in [2.05, 4.69) is 40.0 Å². The van der Waals surface area contributed by atoms with Gasteiger partial charge in [-0.05, 0) is 86.9 Å². The van der Waals surface area contributed by atoms with E-state index < -0.39 is 0 Å². The van der Waals surface area contributed by atoms with E-state index in [1.54, 1.807) is 23.9 Å². The van der Waals surface area contributed by atoms with Crippen LogP contribution < -0.4 is 0 Å². The lowest BCUT2D eigenvalue weighted by Crippen LogP contribution is -2.29. The lowest BCUT2D eigenvalue weighted by Gasteiger charge is -2.30. The summed E-state index contributed by atoms with van der Waals surface area (Å²) in [6.45, 7) is 2.17. The zero-order valence-corrected chi connectivity index (χ0v) is 15.0. The number of halogens is 2. The van der Waals surface area contributed by atoms with Gasteiger partial charge in [0.1, 0.15) is 5.82 Å². The van der Waals surface area contributed by atoms with E-state index in [0.29, 0.717) is 5.92 Å². The van der Waals surface area contributed by atoms with Gasteiger partial charge in [-0.2, -0.15) is 0 Å². The lowest BCUT2D eigenvalue weighted by molar-refractivity contribution is 0.254. The zero-order valence-electron chi connectivity index (χ0n) is 12.6. The summed E-state index contributed by atoms with van der Waals surface area (Å²) in [6.07, 6.45) is 2.21. The smallest absolute Gasteiger partial charge is 0.123 e. The summed E-state index contributed by atoms with van der Waals surface area (Å²) in [6, 6.07) is 13.5. The average molecular weight is 380 g/mol. The lowest BCUT2D eigenvalue weighted by atomic mass is 9.89. The number of nitrogens with zero attached hydrogens (tertiary/aromatic N) is 1. The number of benzene rings is 2. The summed E-state index contributed by atoms with van der Waals surface area (Å²) < 4.78 is 14.8. The van der Waals surface area contributed by atoms with E-state index in [1.807, 2.05) is 18.2 Å². The van der Waals surface area contributed by atoms with E-state index in [9.17, 15) is 4.39 Å². The molecular weight excluding hydrogens is 361 g/mol. The van der Waals surface area contributed by atoms with Gasteiger partial charge in [0.25, 0.3) is 0 Å². The summed E-state index contributed by atoms with van der Waals surface area (Å²) >= 11 is 5.18. The van der Waals surface area contributed by atoms with Gasteiger partial charge in [-0.1, -0.05) is 27.7 Å². The molecule has 1 aliphatic heterocycles. The van der Waals surface area contributed by atoms with Crippen LogP contribution in [0.15, 0.2) is 56.7 Å². The van der Waals surface area contributed by atoms with Crippen molar-refractivity contribution in [3.8, 4) is 0 Å². The third kappa shape index (κ3) is 3.92. The number of rotatable bonds is 3. The molecule has 22 heavy (non-hydrogen) atoms. The summed E-state index contributed by atoms with van der Waals surface area (Å²) in [4.78, 5) is 4.71. The Labute approximate surface area is 144 Å².